The summed E-state index contributed by atoms with van der Waals surface area (Å²) in [5.41, 5.74) is 3.78. The zero-order valence-electron chi connectivity index (χ0n) is 14.7. The van der Waals surface area contributed by atoms with Gasteiger partial charge in [0.25, 0.3) is 5.91 Å². The van der Waals surface area contributed by atoms with Crippen molar-refractivity contribution in [2.24, 2.45) is 0 Å². The molecule has 0 aliphatic rings. The number of aromatic nitrogens is 2. The lowest BCUT2D eigenvalue weighted by Crippen LogP contribution is -2.30. The number of rotatable bonds is 8. The average Bonchev–Trinajstić information content (AvgIpc) is 2.90. The van der Waals surface area contributed by atoms with E-state index < -0.39 is 0 Å². The lowest BCUT2D eigenvalue weighted by molar-refractivity contribution is 0.0951. The first-order chi connectivity index (χ1) is 11.1. The van der Waals surface area contributed by atoms with E-state index in [-0.39, 0.29) is 5.91 Å². The number of pyridine rings is 1. The minimum Gasteiger partial charge on any atom is -0.352 e. The first-order valence-corrected chi connectivity index (χ1v) is 8.58. The van der Waals surface area contributed by atoms with Crippen LogP contribution in [0.1, 0.15) is 48.9 Å². The van der Waals surface area contributed by atoms with Crippen molar-refractivity contribution in [2.45, 2.75) is 40.5 Å². The Balaban J connectivity index is 1.97. The van der Waals surface area contributed by atoms with E-state index in [0.717, 1.165) is 49.5 Å². The molecular weight excluding hydrogens is 288 g/mol. The summed E-state index contributed by atoms with van der Waals surface area (Å²) >= 11 is 0. The fourth-order valence-corrected chi connectivity index (χ4v) is 2.83. The third kappa shape index (κ3) is 4.10. The third-order valence-corrected chi connectivity index (χ3v) is 4.38. The van der Waals surface area contributed by atoms with Gasteiger partial charge in [-0.2, -0.15) is 0 Å². The fourth-order valence-electron chi connectivity index (χ4n) is 2.83. The summed E-state index contributed by atoms with van der Waals surface area (Å²) in [6.45, 7) is 12.3. The normalized spacial score (nSPS) is 11.3. The predicted octanol–water partition coefficient (Wildman–Crippen LogP) is 2.67. The van der Waals surface area contributed by atoms with E-state index >= 15 is 0 Å². The molecule has 0 saturated carbocycles. The Bertz CT molecular complexity index is 658. The molecular formula is C18H28N4O. The van der Waals surface area contributed by atoms with E-state index in [0.29, 0.717) is 12.1 Å². The lowest BCUT2D eigenvalue weighted by atomic mass is 10.2. The number of aryl methyl sites for hydroxylation is 2. The van der Waals surface area contributed by atoms with E-state index in [2.05, 4.69) is 36.0 Å². The molecule has 1 amide bonds. The topological polar surface area (TPSA) is 49.6 Å². The summed E-state index contributed by atoms with van der Waals surface area (Å²) in [5, 5.41) is 3.01. The first kappa shape index (κ1) is 17.5. The molecule has 2 aromatic heterocycles. The number of fused-ring (bicyclic) bond motifs is 1. The highest BCUT2D eigenvalue weighted by Gasteiger charge is 2.10. The SMILES string of the molecule is CCc1nc2ccc(C(=O)NCCCN(CC)CC)cn2c1C. The highest BCUT2D eigenvalue weighted by Crippen LogP contribution is 2.13. The summed E-state index contributed by atoms with van der Waals surface area (Å²) in [6, 6.07) is 3.76. The van der Waals surface area contributed by atoms with Crippen molar-refractivity contribution in [1.29, 1.82) is 0 Å². The Kier molecular flexibility index (Phi) is 6.16. The van der Waals surface area contributed by atoms with E-state index in [1.807, 2.05) is 29.7 Å². The first-order valence-electron chi connectivity index (χ1n) is 8.58. The summed E-state index contributed by atoms with van der Waals surface area (Å²) in [4.78, 5) is 19.2. The van der Waals surface area contributed by atoms with Crippen LogP contribution >= 0.6 is 0 Å². The molecule has 0 spiro atoms. The molecule has 2 heterocycles. The van der Waals surface area contributed by atoms with E-state index in [1.165, 1.54) is 0 Å². The number of hydrogen-bond acceptors (Lipinski definition) is 3. The van der Waals surface area contributed by atoms with Crippen LogP contribution < -0.4 is 5.32 Å². The van der Waals surface area contributed by atoms with Gasteiger partial charge in [0.15, 0.2) is 0 Å². The molecule has 0 radical (unpaired) electrons. The number of imidazole rings is 1. The molecule has 0 atom stereocenters. The maximum atomic E-state index is 12.3. The molecule has 0 aromatic carbocycles. The maximum absolute atomic E-state index is 12.3. The molecule has 0 aliphatic carbocycles. The van der Waals surface area contributed by atoms with Gasteiger partial charge in [0, 0.05) is 18.4 Å². The molecule has 1 N–H and O–H groups in total. The zero-order chi connectivity index (χ0) is 16.8. The standard InChI is InChI=1S/C18H28N4O/c1-5-16-14(4)22-13-15(9-10-17(22)20-16)18(23)19-11-8-12-21(6-2)7-3/h9-10,13H,5-8,11-12H2,1-4H3,(H,19,23). The second kappa shape index (κ2) is 8.11. The van der Waals surface area contributed by atoms with E-state index in [4.69, 9.17) is 0 Å². The highest BCUT2D eigenvalue weighted by molar-refractivity contribution is 5.94. The number of carbonyl (C=O) groups excluding carboxylic acids is 1. The van der Waals surface area contributed by atoms with Crippen molar-refractivity contribution in [1.82, 2.24) is 19.6 Å². The van der Waals surface area contributed by atoms with Gasteiger partial charge in [-0.05, 0) is 51.5 Å². The quantitative estimate of drug-likeness (QED) is 0.762. The van der Waals surface area contributed by atoms with Crippen LogP contribution in [0.4, 0.5) is 0 Å². The second-order valence-corrected chi connectivity index (χ2v) is 5.78. The lowest BCUT2D eigenvalue weighted by Gasteiger charge is -2.17. The summed E-state index contributed by atoms with van der Waals surface area (Å²) in [6.07, 6.45) is 3.76. The van der Waals surface area contributed by atoms with Gasteiger partial charge in [-0.15, -0.1) is 0 Å². The van der Waals surface area contributed by atoms with Crippen LogP contribution in [0.15, 0.2) is 18.3 Å². The number of amides is 1. The minimum atomic E-state index is -0.0161. The fraction of sp³-hybridized carbons (Fsp3) is 0.556. The zero-order valence-corrected chi connectivity index (χ0v) is 14.7. The van der Waals surface area contributed by atoms with Crippen molar-refractivity contribution in [3.8, 4) is 0 Å². The highest BCUT2D eigenvalue weighted by atomic mass is 16.1. The molecule has 23 heavy (non-hydrogen) atoms. The molecule has 0 bridgehead atoms. The van der Waals surface area contributed by atoms with Crippen LogP contribution in [0.2, 0.25) is 0 Å². The molecule has 126 valence electrons. The maximum Gasteiger partial charge on any atom is 0.252 e. The number of nitrogens with one attached hydrogen (secondary N) is 1. The predicted molar refractivity (Wildman–Crippen MR) is 94.0 cm³/mol. The van der Waals surface area contributed by atoms with E-state index in [1.54, 1.807) is 0 Å². The minimum absolute atomic E-state index is 0.0161. The van der Waals surface area contributed by atoms with Crippen LogP contribution in [0, 0.1) is 6.92 Å². The molecule has 5 nitrogen and oxygen atoms in total. The van der Waals surface area contributed by atoms with Crippen molar-refractivity contribution in [3.05, 3.63) is 35.3 Å². The monoisotopic (exact) mass is 316 g/mol. The molecule has 0 unspecified atom stereocenters. The van der Waals surface area contributed by atoms with Gasteiger partial charge >= 0.3 is 0 Å². The third-order valence-electron chi connectivity index (χ3n) is 4.38. The Morgan fingerprint density at radius 3 is 2.65 bits per heavy atom. The summed E-state index contributed by atoms with van der Waals surface area (Å²) in [7, 11) is 0. The van der Waals surface area contributed by atoms with E-state index in [9.17, 15) is 4.79 Å². The molecule has 0 aliphatic heterocycles. The largest absolute Gasteiger partial charge is 0.352 e. The van der Waals surface area contributed by atoms with Crippen molar-refractivity contribution < 1.29 is 4.79 Å². The van der Waals surface area contributed by atoms with Crippen molar-refractivity contribution >= 4 is 11.6 Å². The van der Waals surface area contributed by atoms with Crippen LogP contribution in [0.5, 0.6) is 0 Å². The average molecular weight is 316 g/mol. The van der Waals surface area contributed by atoms with Gasteiger partial charge in [0.05, 0.1) is 11.3 Å². The van der Waals surface area contributed by atoms with Crippen LogP contribution in [0.25, 0.3) is 5.65 Å². The second-order valence-electron chi connectivity index (χ2n) is 5.78. The molecule has 0 fully saturated rings. The van der Waals surface area contributed by atoms with Gasteiger partial charge in [-0.25, -0.2) is 4.98 Å². The van der Waals surface area contributed by atoms with Gasteiger partial charge in [-0.3, -0.25) is 4.79 Å². The van der Waals surface area contributed by atoms with Crippen LogP contribution in [-0.2, 0) is 6.42 Å². The molecule has 5 heteroatoms. The Labute approximate surface area is 138 Å². The van der Waals surface area contributed by atoms with Gasteiger partial charge in [0.2, 0.25) is 0 Å². The Morgan fingerprint density at radius 2 is 2.00 bits per heavy atom. The number of carbonyl (C=O) groups is 1. The van der Waals surface area contributed by atoms with Crippen LogP contribution in [-0.4, -0.2) is 46.4 Å². The van der Waals surface area contributed by atoms with Gasteiger partial charge in [0.1, 0.15) is 5.65 Å². The van der Waals surface area contributed by atoms with Gasteiger partial charge < -0.3 is 14.6 Å². The van der Waals surface area contributed by atoms with Crippen molar-refractivity contribution in [2.75, 3.05) is 26.2 Å². The van der Waals surface area contributed by atoms with Crippen molar-refractivity contribution in [3.63, 3.8) is 0 Å². The Morgan fingerprint density at radius 1 is 1.26 bits per heavy atom. The van der Waals surface area contributed by atoms with Gasteiger partial charge in [-0.1, -0.05) is 20.8 Å². The molecule has 2 rings (SSSR count). The number of hydrogen-bond donors (Lipinski definition) is 1. The Hall–Kier alpha value is -1.88. The molecule has 0 saturated heterocycles. The number of nitrogens with zero attached hydrogens (tertiary/aromatic N) is 3. The summed E-state index contributed by atoms with van der Waals surface area (Å²) in [5.74, 6) is -0.0161. The molecule has 2 aromatic rings. The smallest absolute Gasteiger partial charge is 0.252 e. The summed E-state index contributed by atoms with van der Waals surface area (Å²) < 4.78 is 2.00. The van der Waals surface area contributed by atoms with Crippen LogP contribution in [0.3, 0.4) is 0 Å².